The zero-order valence-corrected chi connectivity index (χ0v) is 15.7. The third-order valence-electron chi connectivity index (χ3n) is 3.66. The molecule has 1 rings (SSSR count). The minimum absolute atomic E-state index is 0. The Morgan fingerprint density at radius 1 is 1.08 bits per heavy atom. The van der Waals surface area contributed by atoms with Crippen LogP contribution in [0.15, 0.2) is 0 Å². The van der Waals surface area contributed by atoms with Crippen molar-refractivity contribution in [1.29, 1.82) is 0 Å². The number of hydrogen-bond acceptors (Lipinski definition) is 5. The maximum absolute atomic E-state index is 12.1. The predicted molar refractivity (Wildman–Crippen MR) is 95.1 cm³/mol. The highest BCUT2D eigenvalue weighted by atomic mass is 35.5. The molecule has 0 aliphatic carbocycles. The van der Waals surface area contributed by atoms with Gasteiger partial charge in [-0.3, -0.25) is 19.3 Å². The van der Waals surface area contributed by atoms with Crippen molar-refractivity contribution in [1.82, 2.24) is 25.3 Å². The Morgan fingerprint density at radius 2 is 1.71 bits per heavy atom. The Morgan fingerprint density at radius 3 is 2.29 bits per heavy atom. The van der Waals surface area contributed by atoms with Crippen LogP contribution in [0.3, 0.4) is 0 Å². The zero-order chi connectivity index (χ0) is 17.2. The lowest BCUT2D eigenvalue weighted by Gasteiger charge is -2.29. The highest BCUT2D eigenvalue weighted by Crippen LogP contribution is 1.96. The molecule has 8 nitrogen and oxygen atoms in total. The molecule has 0 aromatic carbocycles. The number of likely N-dealkylation sites (N-methyl/N-ethyl adjacent to an activating group) is 2. The van der Waals surface area contributed by atoms with E-state index in [9.17, 15) is 14.4 Å². The van der Waals surface area contributed by atoms with Crippen LogP contribution in [-0.4, -0.2) is 98.9 Å². The molecular formula is C15H30ClN5O3. The molecule has 3 amide bonds. The van der Waals surface area contributed by atoms with Crippen molar-refractivity contribution in [2.75, 3.05) is 66.5 Å². The second-order valence-corrected chi connectivity index (χ2v) is 5.90. The summed E-state index contributed by atoms with van der Waals surface area (Å²) in [5, 5.41) is 5.93. The smallest absolute Gasteiger partial charge is 0.239 e. The summed E-state index contributed by atoms with van der Waals surface area (Å²) in [4.78, 5) is 40.7. The van der Waals surface area contributed by atoms with Gasteiger partial charge in [-0.1, -0.05) is 6.92 Å². The summed E-state index contributed by atoms with van der Waals surface area (Å²) in [7, 11) is 3.34. The van der Waals surface area contributed by atoms with Crippen LogP contribution >= 0.6 is 12.4 Å². The van der Waals surface area contributed by atoms with E-state index in [0.717, 1.165) is 19.5 Å². The quantitative estimate of drug-likeness (QED) is 0.563. The van der Waals surface area contributed by atoms with Gasteiger partial charge in [0.05, 0.1) is 19.6 Å². The normalized spacial score (nSPS) is 14.1. The molecule has 0 radical (unpaired) electrons. The summed E-state index contributed by atoms with van der Waals surface area (Å²) in [5.74, 6) is -0.306. The topological polar surface area (TPSA) is 85.0 Å². The van der Waals surface area contributed by atoms with Crippen molar-refractivity contribution < 1.29 is 14.4 Å². The number of nitrogens with zero attached hydrogens (tertiary/aromatic N) is 3. The maximum atomic E-state index is 12.1. The van der Waals surface area contributed by atoms with Crippen molar-refractivity contribution in [3.63, 3.8) is 0 Å². The summed E-state index contributed by atoms with van der Waals surface area (Å²) in [6.07, 6.45) is 0.861. The molecule has 2 N–H and O–H groups in total. The minimum atomic E-state index is -0.174. The minimum Gasteiger partial charge on any atom is -0.355 e. The van der Waals surface area contributed by atoms with Crippen LogP contribution in [-0.2, 0) is 14.4 Å². The SMILES string of the molecule is CCCNC(=O)CN(C)C(=O)CN(C)CC(=O)N1CCNCC1.Cl. The lowest BCUT2D eigenvalue weighted by atomic mass is 10.3. The average Bonchev–Trinajstić information content (AvgIpc) is 2.53. The molecule has 0 saturated carbocycles. The molecule has 1 fully saturated rings. The largest absolute Gasteiger partial charge is 0.355 e. The predicted octanol–water partition coefficient (Wildman–Crippen LogP) is -1.24. The number of rotatable bonds is 8. The molecule has 140 valence electrons. The highest BCUT2D eigenvalue weighted by Gasteiger charge is 2.20. The summed E-state index contributed by atoms with van der Waals surface area (Å²) >= 11 is 0. The van der Waals surface area contributed by atoms with Gasteiger partial charge in [-0.05, 0) is 13.5 Å². The summed E-state index contributed by atoms with van der Waals surface area (Å²) in [6, 6.07) is 0. The van der Waals surface area contributed by atoms with E-state index in [1.54, 1.807) is 23.9 Å². The molecule has 9 heteroatoms. The van der Waals surface area contributed by atoms with Gasteiger partial charge in [0.1, 0.15) is 0 Å². The van der Waals surface area contributed by atoms with Gasteiger partial charge < -0.3 is 20.4 Å². The van der Waals surface area contributed by atoms with Gasteiger partial charge in [0.15, 0.2) is 0 Å². The molecule has 0 spiro atoms. The second-order valence-electron chi connectivity index (χ2n) is 5.90. The van der Waals surface area contributed by atoms with Crippen molar-refractivity contribution in [2.24, 2.45) is 0 Å². The maximum Gasteiger partial charge on any atom is 0.239 e. The van der Waals surface area contributed by atoms with E-state index in [0.29, 0.717) is 19.6 Å². The van der Waals surface area contributed by atoms with E-state index in [-0.39, 0.29) is 49.8 Å². The van der Waals surface area contributed by atoms with Crippen LogP contribution < -0.4 is 10.6 Å². The molecule has 0 aromatic heterocycles. The van der Waals surface area contributed by atoms with E-state index in [1.165, 1.54) is 4.90 Å². The van der Waals surface area contributed by atoms with E-state index >= 15 is 0 Å². The van der Waals surface area contributed by atoms with Crippen LogP contribution in [0.1, 0.15) is 13.3 Å². The summed E-state index contributed by atoms with van der Waals surface area (Å²) < 4.78 is 0. The Balaban J connectivity index is 0.00000529. The molecule has 1 aliphatic rings. The summed E-state index contributed by atoms with van der Waals surface area (Å²) in [6.45, 7) is 5.99. The van der Waals surface area contributed by atoms with Gasteiger partial charge in [0.25, 0.3) is 0 Å². The number of hydrogen-bond donors (Lipinski definition) is 2. The van der Waals surface area contributed by atoms with Crippen molar-refractivity contribution >= 4 is 30.1 Å². The van der Waals surface area contributed by atoms with Gasteiger partial charge in [0.2, 0.25) is 17.7 Å². The van der Waals surface area contributed by atoms with Crippen LogP contribution in [0.5, 0.6) is 0 Å². The first-order valence-corrected chi connectivity index (χ1v) is 8.11. The Bertz CT molecular complexity index is 416. The summed E-state index contributed by atoms with van der Waals surface area (Å²) in [5.41, 5.74) is 0. The second kappa shape index (κ2) is 12.0. The third-order valence-corrected chi connectivity index (χ3v) is 3.66. The Kier molecular flexibility index (Phi) is 11.4. The fraction of sp³-hybridized carbons (Fsp3) is 0.800. The van der Waals surface area contributed by atoms with Crippen LogP contribution in [0, 0.1) is 0 Å². The molecular weight excluding hydrogens is 334 g/mol. The fourth-order valence-electron chi connectivity index (χ4n) is 2.28. The van der Waals surface area contributed by atoms with Crippen LogP contribution in [0.2, 0.25) is 0 Å². The number of amides is 3. The average molecular weight is 364 g/mol. The van der Waals surface area contributed by atoms with Crippen molar-refractivity contribution in [3.05, 3.63) is 0 Å². The van der Waals surface area contributed by atoms with E-state index in [1.807, 2.05) is 6.92 Å². The van der Waals surface area contributed by atoms with Gasteiger partial charge in [-0.25, -0.2) is 0 Å². The van der Waals surface area contributed by atoms with Gasteiger partial charge in [-0.2, -0.15) is 0 Å². The number of piperazine rings is 1. The number of carbonyl (C=O) groups excluding carboxylic acids is 3. The first-order valence-electron chi connectivity index (χ1n) is 8.11. The van der Waals surface area contributed by atoms with Gasteiger partial charge >= 0.3 is 0 Å². The zero-order valence-electron chi connectivity index (χ0n) is 14.8. The molecule has 0 aromatic rings. The van der Waals surface area contributed by atoms with E-state index in [4.69, 9.17) is 0 Å². The van der Waals surface area contributed by atoms with Crippen LogP contribution in [0.4, 0.5) is 0 Å². The lowest BCUT2D eigenvalue weighted by Crippen LogP contribution is -2.50. The molecule has 0 unspecified atom stereocenters. The lowest BCUT2D eigenvalue weighted by molar-refractivity contribution is -0.137. The molecule has 0 atom stereocenters. The number of halogens is 1. The Labute approximate surface area is 150 Å². The van der Waals surface area contributed by atoms with Gasteiger partial charge in [-0.15, -0.1) is 12.4 Å². The fourth-order valence-corrected chi connectivity index (χ4v) is 2.28. The Hall–Kier alpha value is -1.38. The van der Waals surface area contributed by atoms with E-state index in [2.05, 4.69) is 10.6 Å². The highest BCUT2D eigenvalue weighted by molar-refractivity contribution is 5.86. The number of carbonyl (C=O) groups is 3. The van der Waals surface area contributed by atoms with Gasteiger partial charge in [0, 0.05) is 39.8 Å². The molecule has 1 heterocycles. The number of nitrogens with one attached hydrogen (secondary N) is 2. The van der Waals surface area contributed by atoms with E-state index < -0.39 is 0 Å². The molecule has 24 heavy (non-hydrogen) atoms. The van der Waals surface area contributed by atoms with Crippen LogP contribution in [0.25, 0.3) is 0 Å². The molecule has 1 saturated heterocycles. The van der Waals surface area contributed by atoms with Crippen molar-refractivity contribution in [2.45, 2.75) is 13.3 Å². The standard InChI is InChI=1S/C15H29N5O3.ClH/c1-4-5-17-13(21)10-19(3)14(22)11-18(2)12-15(23)20-8-6-16-7-9-20;/h16H,4-12H2,1-3H3,(H,17,21);1H. The first kappa shape index (κ1) is 22.6. The van der Waals surface area contributed by atoms with Crippen molar-refractivity contribution in [3.8, 4) is 0 Å². The molecule has 0 bridgehead atoms. The first-order chi connectivity index (χ1) is 10.9. The monoisotopic (exact) mass is 363 g/mol. The third kappa shape index (κ3) is 8.47. The molecule has 1 aliphatic heterocycles.